The molecule has 2 aliphatic heterocycles. The first kappa shape index (κ1) is 23.2. The van der Waals surface area contributed by atoms with E-state index >= 15 is 0 Å². The summed E-state index contributed by atoms with van der Waals surface area (Å²) in [5.74, 6) is -0.203. The molecule has 0 spiro atoms. The number of thiocarbonyl (C=S) groups is 1. The Morgan fingerprint density at radius 2 is 2.06 bits per heavy atom. The molecule has 1 aromatic carbocycles. The van der Waals surface area contributed by atoms with E-state index in [4.69, 9.17) is 17.0 Å². The fourth-order valence-electron chi connectivity index (χ4n) is 4.87. The van der Waals surface area contributed by atoms with Crippen LogP contribution in [0.4, 0.5) is 5.69 Å². The first-order chi connectivity index (χ1) is 15.7. The van der Waals surface area contributed by atoms with E-state index in [0.29, 0.717) is 24.5 Å². The SMILES string of the molecule is COC(=O)CCCN1C(=S)N[C@H](c2ccccn2)[C@H]1c1ccc2c(c1)C(C)=CC(C)(C)N2C. The van der Waals surface area contributed by atoms with Gasteiger partial charge in [0.1, 0.15) is 0 Å². The van der Waals surface area contributed by atoms with Crippen molar-refractivity contribution in [2.75, 3.05) is 25.6 Å². The maximum atomic E-state index is 11.7. The first-order valence-corrected chi connectivity index (χ1v) is 11.8. The van der Waals surface area contributed by atoms with Gasteiger partial charge in [0.15, 0.2) is 5.11 Å². The number of carbonyl (C=O) groups excluding carboxylic acids is 1. The molecule has 0 bridgehead atoms. The highest BCUT2D eigenvalue weighted by atomic mass is 32.1. The van der Waals surface area contributed by atoms with E-state index in [1.165, 1.54) is 29.5 Å². The van der Waals surface area contributed by atoms with Crippen molar-refractivity contribution < 1.29 is 9.53 Å². The molecule has 0 amide bonds. The molecule has 1 N–H and O–H groups in total. The number of anilines is 1. The summed E-state index contributed by atoms with van der Waals surface area (Å²) in [6.45, 7) is 7.30. The number of esters is 1. The summed E-state index contributed by atoms with van der Waals surface area (Å²) in [7, 11) is 3.56. The Labute approximate surface area is 201 Å². The van der Waals surface area contributed by atoms with E-state index in [9.17, 15) is 4.79 Å². The number of methoxy groups -OCH3 is 1. The molecule has 3 heterocycles. The van der Waals surface area contributed by atoms with E-state index in [1.807, 2.05) is 24.4 Å². The second-order valence-electron chi connectivity index (χ2n) is 9.32. The molecule has 7 heteroatoms. The van der Waals surface area contributed by atoms with Crippen LogP contribution in [0.1, 0.15) is 62.5 Å². The Hall–Kier alpha value is -2.93. The number of likely N-dealkylation sites (N-methyl/N-ethyl adjacent to an activating group) is 1. The van der Waals surface area contributed by atoms with Crippen LogP contribution in [0.5, 0.6) is 0 Å². The third kappa shape index (κ3) is 4.47. The van der Waals surface area contributed by atoms with Gasteiger partial charge in [0, 0.05) is 37.5 Å². The van der Waals surface area contributed by atoms with Crippen molar-refractivity contribution in [3.63, 3.8) is 0 Å². The number of carbonyl (C=O) groups is 1. The Morgan fingerprint density at radius 1 is 1.27 bits per heavy atom. The Kier molecular flexibility index (Phi) is 6.43. The van der Waals surface area contributed by atoms with Crippen LogP contribution in [0.3, 0.4) is 0 Å². The molecular formula is C26H32N4O2S. The van der Waals surface area contributed by atoms with Crippen molar-refractivity contribution in [1.29, 1.82) is 0 Å². The standard InChI is InChI=1S/C26H32N4O2S/c1-17-16-26(2,3)29(4)21-12-11-18(15-19(17)21)24-23(20-9-6-7-13-27-20)28-25(33)30(24)14-8-10-22(31)32-5/h6-7,9,11-13,15-16,23-24H,8,10,14H2,1-5H3,(H,28,33)/t23-,24-/m1/s1. The van der Waals surface area contributed by atoms with E-state index in [1.54, 1.807) is 0 Å². The molecule has 174 valence electrons. The fourth-order valence-corrected chi connectivity index (χ4v) is 5.20. The van der Waals surface area contributed by atoms with Crippen LogP contribution < -0.4 is 10.2 Å². The number of ether oxygens (including phenoxy) is 1. The van der Waals surface area contributed by atoms with Gasteiger partial charge in [-0.15, -0.1) is 0 Å². The predicted octanol–water partition coefficient (Wildman–Crippen LogP) is 4.64. The van der Waals surface area contributed by atoms with Crippen molar-refractivity contribution in [3.05, 3.63) is 65.5 Å². The van der Waals surface area contributed by atoms with Crippen LogP contribution in [0.15, 0.2) is 48.7 Å². The highest BCUT2D eigenvalue weighted by molar-refractivity contribution is 7.80. The smallest absolute Gasteiger partial charge is 0.305 e. The lowest BCUT2D eigenvalue weighted by molar-refractivity contribution is -0.140. The van der Waals surface area contributed by atoms with Crippen LogP contribution in [0.2, 0.25) is 0 Å². The summed E-state index contributed by atoms with van der Waals surface area (Å²) in [6, 6.07) is 12.6. The molecule has 0 aliphatic carbocycles. The van der Waals surface area contributed by atoms with E-state index in [-0.39, 0.29) is 23.6 Å². The molecule has 1 aromatic heterocycles. The van der Waals surface area contributed by atoms with E-state index in [0.717, 1.165) is 5.69 Å². The van der Waals surface area contributed by atoms with Crippen LogP contribution in [0, 0.1) is 0 Å². The number of rotatable bonds is 6. The summed E-state index contributed by atoms with van der Waals surface area (Å²) in [4.78, 5) is 20.8. The number of nitrogens with one attached hydrogen (secondary N) is 1. The molecule has 2 aliphatic rings. The lowest BCUT2D eigenvalue weighted by atomic mass is 9.86. The molecule has 4 rings (SSSR count). The number of aromatic nitrogens is 1. The quantitative estimate of drug-likeness (QED) is 0.494. The topological polar surface area (TPSA) is 57.7 Å². The zero-order valence-corrected chi connectivity index (χ0v) is 20.8. The normalized spacial score (nSPS) is 21.4. The number of hydrogen-bond donors (Lipinski definition) is 1. The summed E-state index contributed by atoms with van der Waals surface area (Å²) >= 11 is 5.75. The minimum absolute atomic E-state index is 0.0246. The summed E-state index contributed by atoms with van der Waals surface area (Å²) in [6.07, 6.45) is 5.16. The first-order valence-electron chi connectivity index (χ1n) is 11.4. The number of allylic oxidation sites excluding steroid dienone is 1. The zero-order chi connectivity index (χ0) is 23.8. The lowest BCUT2D eigenvalue weighted by Gasteiger charge is -2.41. The molecule has 1 fully saturated rings. The second-order valence-corrected chi connectivity index (χ2v) is 9.70. The molecule has 0 unspecified atom stereocenters. The molecule has 0 saturated carbocycles. The molecule has 33 heavy (non-hydrogen) atoms. The van der Waals surface area contributed by atoms with Gasteiger partial charge >= 0.3 is 5.97 Å². The minimum Gasteiger partial charge on any atom is -0.469 e. The molecular weight excluding hydrogens is 432 g/mol. The van der Waals surface area contributed by atoms with Gasteiger partial charge in [-0.2, -0.15) is 0 Å². The highest BCUT2D eigenvalue weighted by Crippen LogP contribution is 2.43. The molecule has 2 aromatic rings. The maximum Gasteiger partial charge on any atom is 0.305 e. The molecule has 6 nitrogen and oxygen atoms in total. The third-order valence-electron chi connectivity index (χ3n) is 6.79. The summed E-state index contributed by atoms with van der Waals surface area (Å²) < 4.78 is 4.82. The largest absolute Gasteiger partial charge is 0.469 e. The summed E-state index contributed by atoms with van der Waals surface area (Å²) in [5.41, 5.74) is 5.82. The van der Waals surface area contributed by atoms with Crippen LogP contribution >= 0.6 is 12.2 Å². The van der Waals surface area contributed by atoms with Crippen LogP contribution in [-0.4, -0.2) is 47.2 Å². The van der Waals surface area contributed by atoms with Gasteiger partial charge in [-0.25, -0.2) is 0 Å². The van der Waals surface area contributed by atoms with Gasteiger partial charge in [-0.1, -0.05) is 18.2 Å². The van der Waals surface area contributed by atoms with Gasteiger partial charge in [-0.05, 0) is 74.8 Å². The van der Waals surface area contributed by atoms with Crippen molar-refractivity contribution in [3.8, 4) is 0 Å². The Morgan fingerprint density at radius 3 is 2.76 bits per heavy atom. The molecule has 0 radical (unpaired) electrons. The van der Waals surface area contributed by atoms with Gasteiger partial charge in [-0.3, -0.25) is 9.78 Å². The Balaban J connectivity index is 1.72. The number of pyridine rings is 1. The van der Waals surface area contributed by atoms with Crippen molar-refractivity contribution in [2.24, 2.45) is 0 Å². The van der Waals surface area contributed by atoms with Crippen LogP contribution in [0.25, 0.3) is 5.57 Å². The Bertz CT molecular complexity index is 1080. The molecule has 1 saturated heterocycles. The number of hydrogen-bond acceptors (Lipinski definition) is 5. The monoisotopic (exact) mass is 464 g/mol. The fraction of sp³-hybridized carbons (Fsp3) is 0.423. The van der Waals surface area contributed by atoms with Crippen molar-refractivity contribution >= 4 is 34.6 Å². The van der Waals surface area contributed by atoms with Gasteiger partial charge in [0.05, 0.1) is 30.4 Å². The van der Waals surface area contributed by atoms with E-state index in [2.05, 4.69) is 72.2 Å². The number of benzene rings is 1. The third-order valence-corrected chi connectivity index (χ3v) is 7.14. The predicted molar refractivity (Wildman–Crippen MR) is 136 cm³/mol. The zero-order valence-electron chi connectivity index (χ0n) is 20.0. The van der Waals surface area contributed by atoms with E-state index < -0.39 is 0 Å². The lowest BCUT2D eigenvalue weighted by Crippen LogP contribution is -2.42. The van der Waals surface area contributed by atoms with Gasteiger partial charge in [0.25, 0.3) is 0 Å². The van der Waals surface area contributed by atoms with Crippen LogP contribution in [-0.2, 0) is 9.53 Å². The average molecular weight is 465 g/mol. The van der Waals surface area contributed by atoms with Crippen molar-refractivity contribution in [1.82, 2.24) is 15.2 Å². The number of nitrogens with zero attached hydrogens (tertiary/aromatic N) is 3. The van der Waals surface area contributed by atoms with Gasteiger partial charge < -0.3 is 19.9 Å². The number of fused-ring (bicyclic) bond motifs is 1. The average Bonchev–Trinajstić information content (AvgIpc) is 3.13. The van der Waals surface area contributed by atoms with Gasteiger partial charge in [0.2, 0.25) is 0 Å². The second kappa shape index (κ2) is 9.14. The molecule has 2 atom stereocenters. The highest BCUT2D eigenvalue weighted by Gasteiger charge is 2.40. The maximum absolute atomic E-state index is 11.7. The minimum atomic E-state index is -0.203. The van der Waals surface area contributed by atoms with Crippen molar-refractivity contribution in [2.45, 2.75) is 51.2 Å². The summed E-state index contributed by atoms with van der Waals surface area (Å²) in [5, 5.41) is 4.17.